The fourth-order valence-electron chi connectivity index (χ4n) is 3.87. The van der Waals surface area contributed by atoms with Gasteiger partial charge in [0.15, 0.2) is 11.6 Å². The molecule has 9 heteroatoms. The average Bonchev–Trinajstić information content (AvgIpc) is 3.34. The van der Waals surface area contributed by atoms with Gasteiger partial charge in [-0.2, -0.15) is 10.1 Å². The summed E-state index contributed by atoms with van der Waals surface area (Å²) in [5, 5.41) is 18.5. The first-order valence-corrected chi connectivity index (χ1v) is 9.81. The van der Waals surface area contributed by atoms with Crippen LogP contribution in [0.1, 0.15) is 23.6 Å². The van der Waals surface area contributed by atoms with Crippen molar-refractivity contribution in [2.24, 2.45) is 7.05 Å². The molecule has 0 unspecified atom stereocenters. The van der Waals surface area contributed by atoms with Crippen LogP contribution in [0.15, 0.2) is 24.5 Å². The zero-order valence-electron chi connectivity index (χ0n) is 14.8. The van der Waals surface area contributed by atoms with Crippen molar-refractivity contribution in [3.8, 4) is 17.4 Å². The van der Waals surface area contributed by atoms with E-state index >= 15 is 0 Å². The summed E-state index contributed by atoms with van der Waals surface area (Å²) in [5.41, 5.74) is 1.01. The third-order valence-corrected chi connectivity index (χ3v) is 6.44. The van der Waals surface area contributed by atoms with Crippen molar-refractivity contribution in [3.63, 3.8) is 0 Å². The van der Waals surface area contributed by atoms with Crippen LogP contribution in [-0.4, -0.2) is 31.1 Å². The van der Waals surface area contributed by atoms with Crippen molar-refractivity contribution in [1.82, 2.24) is 24.4 Å². The van der Waals surface area contributed by atoms with Crippen LogP contribution in [0.3, 0.4) is 0 Å². The molecule has 0 amide bonds. The zero-order valence-corrected chi connectivity index (χ0v) is 15.6. The summed E-state index contributed by atoms with van der Waals surface area (Å²) >= 11 is 1.64. The van der Waals surface area contributed by atoms with Gasteiger partial charge in [0, 0.05) is 41.2 Å². The fraction of sp³-hybridized carbons (Fsp3) is 0.333. The molecule has 4 aromatic rings. The lowest BCUT2D eigenvalue weighted by Gasteiger charge is -2.21. The van der Waals surface area contributed by atoms with Crippen molar-refractivity contribution in [2.75, 3.05) is 0 Å². The van der Waals surface area contributed by atoms with E-state index in [1.54, 1.807) is 33.8 Å². The monoisotopic (exact) mass is 378 g/mol. The Morgan fingerprint density at radius 2 is 2.07 bits per heavy atom. The van der Waals surface area contributed by atoms with Gasteiger partial charge in [-0.3, -0.25) is 4.68 Å². The summed E-state index contributed by atoms with van der Waals surface area (Å²) in [7, 11) is 1.77. The second kappa shape index (κ2) is 6.17. The van der Waals surface area contributed by atoms with Gasteiger partial charge in [0.2, 0.25) is 4.96 Å². The van der Waals surface area contributed by atoms with Crippen molar-refractivity contribution in [1.29, 1.82) is 5.26 Å². The van der Waals surface area contributed by atoms with Crippen LogP contribution in [0.2, 0.25) is 12.6 Å². The minimum atomic E-state index is -0.365. The molecule has 1 saturated heterocycles. The van der Waals surface area contributed by atoms with Crippen molar-refractivity contribution in [3.05, 3.63) is 35.2 Å². The molecular weight excluding hydrogens is 362 g/mol. The number of benzene rings is 1. The number of nitrogens with zero attached hydrogens (tertiary/aromatic N) is 6. The van der Waals surface area contributed by atoms with E-state index in [-0.39, 0.29) is 12.5 Å². The van der Waals surface area contributed by atoms with Crippen LogP contribution in [0.25, 0.3) is 27.3 Å². The number of hydrogen-bond acceptors (Lipinski definition) is 5. The van der Waals surface area contributed by atoms with Crippen LogP contribution in [-0.2, 0) is 7.05 Å². The van der Waals surface area contributed by atoms with Crippen LogP contribution < -0.4 is 0 Å². The van der Waals surface area contributed by atoms with Gasteiger partial charge in [0.25, 0.3) is 6.71 Å². The molecule has 0 saturated carbocycles. The number of rotatable bonds is 2. The highest BCUT2D eigenvalue weighted by molar-refractivity contribution is 7.17. The number of aromatic nitrogens is 5. The third-order valence-electron chi connectivity index (χ3n) is 5.31. The Labute approximate surface area is 159 Å². The molecule has 5 rings (SSSR count). The standard InChI is InChI=1S/C18H16BFN6S/c1-25-8-13-6-12(7-14(20)16(13)23-25)17-22-18-26(24-17)9-15(27-18)11-2-4-19(10-21)5-3-11/h6-9,11H,2-5H2,1H3. The molecular formula is C18H16BFN6S. The van der Waals surface area contributed by atoms with Crippen LogP contribution in [0.5, 0.6) is 0 Å². The average molecular weight is 378 g/mol. The van der Waals surface area contributed by atoms with E-state index in [1.165, 1.54) is 10.9 Å². The predicted octanol–water partition coefficient (Wildman–Crippen LogP) is 3.92. The SMILES string of the molecule is Cn1cc2cc(-c3nc4sc(C5CCB(C#N)CC5)cn4n3)cc(F)c2n1. The van der Waals surface area contributed by atoms with Gasteiger partial charge in [-0.1, -0.05) is 36.8 Å². The summed E-state index contributed by atoms with van der Waals surface area (Å²) in [4.78, 5) is 6.69. The zero-order chi connectivity index (χ0) is 18.5. The normalized spacial score (nSPS) is 15.7. The van der Waals surface area contributed by atoms with Gasteiger partial charge in [0.05, 0.1) is 0 Å². The number of halogens is 1. The number of aryl methyl sites for hydroxylation is 1. The molecule has 0 N–H and O–H groups in total. The Hall–Kier alpha value is -2.73. The van der Waals surface area contributed by atoms with Crippen molar-refractivity contribution < 1.29 is 4.39 Å². The van der Waals surface area contributed by atoms with E-state index in [4.69, 9.17) is 5.26 Å². The molecule has 27 heavy (non-hydrogen) atoms. The summed E-state index contributed by atoms with van der Waals surface area (Å²) in [5.74, 6) is 3.02. The van der Waals surface area contributed by atoms with Gasteiger partial charge >= 0.3 is 0 Å². The van der Waals surface area contributed by atoms with Crippen LogP contribution >= 0.6 is 11.3 Å². The number of nitriles is 1. The summed E-state index contributed by atoms with van der Waals surface area (Å²) < 4.78 is 17.7. The molecule has 1 aromatic carbocycles. The van der Waals surface area contributed by atoms with Gasteiger partial charge in [-0.15, -0.1) is 5.10 Å². The number of hydrogen-bond donors (Lipinski definition) is 0. The number of fused-ring (bicyclic) bond motifs is 2. The van der Waals surface area contributed by atoms with E-state index in [9.17, 15) is 4.39 Å². The maximum atomic E-state index is 14.3. The molecule has 0 spiro atoms. The van der Waals surface area contributed by atoms with Crippen LogP contribution in [0.4, 0.5) is 4.39 Å². The van der Waals surface area contributed by atoms with Gasteiger partial charge in [-0.05, 0) is 18.1 Å². The minimum absolute atomic E-state index is 0.201. The highest BCUT2D eigenvalue weighted by Gasteiger charge is 2.27. The van der Waals surface area contributed by atoms with E-state index in [2.05, 4.69) is 21.1 Å². The lowest BCUT2D eigenvalue weighted by atomic mass is 9.42. The Morgan fingerprint density at radius 3 is 2.81 bits per heavy atom. The first kappa shape index (κ1) is 16.4. The van der Waals surface area contributed by atoms with E-state index in [0.29, 0.717) is 22.8 Å². The van der Waals surface area contributed by atoms with E-state index in [0.717, 1.165) is 35.8 Å². The number of thiazole rings is 1. The van der Waals surface area contributed by atoms with Crippen molar-refractivity contribution >= 4 is 33.9 Å². The fourth-order valence-corrected chi connectivity index (χ4v) is 4.96. The largest absolute Gasteiger partial charge is 0.274 e. The Kier molecular flexibility index (Phi) is 3.76. The molecule has 1 aliphatic rings. The van der Waals surface area contributed by atoms with Crippen LogP contribution in [0, 0.1) is 17.0 Å². The molecule has 134 valence electrons. The third kappa shape index (κ3) is 2.81. The second-order valence-corrected chi connectivity index (χ2v) is 8.21. The van der Waals surface area contributed by atoms with Gasteiger partial charge in [0.1, 0.15) is 5.52 Å². The lowest BCUT2D eigenvalue weighted by molar-refractivity contribution is 0.618. The maximum absolute atomic E-state index is 14.3. The molecule has 1 fully saturated rings. The van der Waals surface area contributed by atoms with Crippen molar-refractivity contribution in [2.45, 2.75) is 31.4 Å². The maximum Gasteiger partial charge on any atom is 0.267 e. The molecule has 0 radical (unpaired) electrons. The molecule has 0 aliphatic carbocycles. The Bertz CT molecular complexity index is 1160. The topological polar surface area (TPSA) is 71.8 Å². The first-order chi connectivity index (χ1) is 13.1. The highest BCUT2D eigenvalue weighted by atomic mass is 32.1. The lowest BCUT2D eigenvalue weighted by Crippen LogP contribution is -2.18. The summed E-state index contributed by atoms with van der Waals surface area (Å²) in [6.45, 7) is 0.201. The molecule has 6 nitrogen and oxygen atoms in total. The minimum Gasteiger partial charge on any atom is -0.274 e. The molecule has 0 bridgehead atoms. The molecule has 1 aliphatic heterocycles. The molecule has 4 heterocycles. The quantitative estimate of drug-likeness (QED) is 0.496. The van der Waals surface area contributed by atoms with E-state index in [1.807, 2.05) is 12.3 Å². The summed E-state index contributed by atoms with van der Waals surface area (Å²) in [6, 6.07) is 3.31. The molecule has 0 atom stereocenters. The van der Waals surface area contributed by atoms with Gasteiger partial charge in [-0.25, -0.2) is 14.2 Å². The Morgan fingerprint density at radius 1 is 1.26 bits per heavy atom. The Balaban J connectivity index is 1.46. The summed E-state index contributed by atoms with van der Waals surface area (Å²) in [6.07, 6.45) is 7.83. The first-order valence-electron chi connectivity index (χ1n) is 8.99. The second-order valence-electron chi connectivity index (χ2n) is 7.17. The van der Waals surface area contributed by atoms with E-state index < -0.39 is 0 Å². The smallest absolute Gasteiger partial charge is 0.267 e. The predicted molar refractivity (Wildman–Crippen MR) is 103 cm³/mol. The van der Waals surface area contributed by atoms with Gasteiger partial charge < -0.3 is 0 Å². The highest BCUT2D eigenvalue weighted by Crippen LogP contribution is 2.37. The molecule has 3 aromatic heterocycles.